The summed E-state index contributed by atoms with van der Waals surface area (Å²) in [5, 5.41) is 3.50. The van der Waals surface area contributed by atoms with Crippen LogP contribution in [0.15, 0.2) is 42.5 Å². The fourth-order valence-electron chi connectivity index (χ4n) is 3.41. The number of piperidine rings is 1. The molecule has 1 fully saturated rings. The molecule has 1 saturated heterocycles. The van der Waals surface area contributed by atoms with Crippen molar-refractivity contribution in [2.45, 2.75) is 19.3 Å². The van der Waals surface area contributed by atoms with Crippen molar-refractivity contribution in [1.82, 2.24) is 0 Å². The van der Waals surface area contributed by atoms with Crippen LogP contribution in [-0.2, 0) is 4.79 Å². The van der Waals surface area contributed by atoms with Gasteiger partial charge >= 0.3 is 0 Å². The van der Waals surface area contributed by atoms with E-state index in [0.717, 1.165) is 29.9 Å². The van der Waals surface area contributed by atoms with Crippen LogP contribution >= 0.6 is 11.6 Å². The second-order valence-electron chi connectivity index (χ2n) is 6.34. The molecule has 2 aliphatic rings. The Morgan fingerprint density at radius 3 is 2.50 bits per heavy atom. The second kappa shape index (κ2) is 6.33. The number of halogens is 1. The van der Waals surface area contributed by atoms with Crippen molar-refractivity contribution in [2.75, 3.05) is 23.3 Å². The Kier molecular flexibility index (Phi) is 4.03. The lowest BCUT2D eigenvalue weighted by Gasteiger charge is -2.28. The van der Waals surface area contributed by atoms with E-state index in [-0.39, 0.29) is 5.91 Å². The maximum atomic E-state index is 12.2. The minimum Gasteiger partial charge on any atom is -0.372 e. The molecule has 0 aliphatic carbocycles. The Morgan fingerprint density at radius 1 is 1.00 bits per heavy atom. The number of hydrogen-bond donors (Lipinski definition) is 1. The Morgan fingerprint density at radius 2 is 1.75 bits per heavy atom. The van der Waals surface area contributed by atoms with Crippen LogP contribution in [0.25, 0.3) is 11.6 Å². The number of benzene rings is 2. The lowest BCUT2D eigenvalue weighted by Crippen LogP contribution is -2.29. The third-order valence-corrected chi connectivity index (χ3v) is 4.93. The summed E-state index contributed by atoms with van der Waals surface area (Å²) in [6.07, 6.45) is 5.81. The van der Waals surface area contributed by atoms with Crippen molar-refractivity contribution in [3.8, 4) is 0 Å². The van der Waals surface area contributed by atoms with Crippen molar-refractivity contribution < 1.29 is 4.79 Å². The zero-order valence-corrected chi connectivity index (χ0v) is 14.1. The molecule has 122 valence electrons. The van der Waals surface area contributed by atoms with E-state index in [4.69, 9.17) is 11.6 Å². The molecule has 2 aromatic rings. The first-order chi connectivity index (χ1) is 11.7. The van der Waals surface area contributed by atoms with Gasteiger partial charge < -0.3 is 10.2 Å². The molecule has 4 heteroatoms. The van der Waals surface area contributed by atoms with Crippen molar-refractivity contribution in [3.63, 3.8) is 0 Å². The van der Waals surface area contributed by atoms with Gasteiger partial charge in [0.2, 0.25) is 0 Å². The number of hydrogen-bond acceptors (Lipinski definition) is 2. The minimum atomic E-state index is -0.0765. The van der Waals surface area contributed by atoms with E-state index in [2.05, 4.69) is 34.5 Å². The summed E-state index contributed by atoms with van der Waals surface area (Å²) in [6, 6.07) is 13.9. The molecule has 0 bridgehead atoms. The van der Waals surface area contributed by atoms with Gasteiger partial charge in [-0.05, 0) is 55.2 Å². The van der Waals surface area contributed by atoms with Crippen molar-refractivity contribution in [3.05, 3.63) is 58.6 Å². The lowest BCUT2D eigenvalue weighted by molar-refractivity contribution is -0.110. The van der Waals surface area contributed by atoms with Gasteiger partial charge in [-0.3, -0.25) is 4.79 Å². The minimum absolute atomic E-state index is 0.0765. The van der Waals surface area contributed by atoms with Crippen LogP contribution in [-0.4, -0.2) is 19.0 Å². The largest absolute Gasteiger partial charge is 0.372 e. The van der Waals surface area contributed by atoms with Crippen LogP contribution in [0.3, 0.4) is 0 Å². The number of amides is 1. The molecule has 2 aliphatic heterocycles. The summed E-state index contributed by atoms with van der Waals surface area (Å²) >= 11 is 5.99. The average Bonchev–Trinajstić information content (AvgIpc) is 2.91. The smallest absolute Gasteiger partial charge is 0.256 e. The molecule has 0 radical (unpaired) electrons. The van der Waals surface area contributed by atoms with E-state index in [9.17, 15) is 4.79 Å². The van der Waals surface area contributed by atoms with Gasteiger partial charge in [0.1, 0.15) is 0 Å². The summed E-state index contributed by atoms with van der Waals surface area (Å²) in [6.45, 7) is 2.27. The number of nitrogens with one attached hydrogen (secondary N) is 1. The Hall–Kier alpha value is -2.26. The molecular weight excluding hydrogens is 320 g/mol. The average molecular weight is 339 g/mol. The molecule has 24 heavy (non-hydrogen) atoms. The molecule has 3 nitrogen and oxygen atoms in total. The predicted octanol–water partition coefficient (Wildman–Crippen LogP) is 4.82. The van der Waals surface area contributed by atoms with Gasteiger partial charge in [-0.15, -0.1) is 0 Å². The highest BCUT2D eigenvalue weighted by atomic mass is 35.5. The lowest BCUT2D eigenvalue weighted by atomic mass is 10.0. The standard InChI is InChI=1S/C20H19ClN2O/c21-15-6-9-17-18(20(24)22-19(17)13-15)12-14-4-7-16(8-5-14)23-10-2-1-3-11-23/h4-9,12-13H,1-3,10-11H2,(H,22,24)/b18-12+. The maximum absolute atomic E-state index is 12.2. The molecule has 2 aromatic carbocycles. The van der Waals surface area contributed by atoms with E-state index >= 15 is 0 Å². The number of carbonyl (C=O) groups excluding carboxylic acids is 1. The normalized spacial score (nSPS) is 18.6. The zero-order valence-electron chi connectivity index (χ0n) is 13.4. The fraction of sp³-hybridized carbons (Fsp3) is 0.250. The monoisotopic (exact) mass is 338 g/mol. The summed E-state index contributed by atoms with van der Waals surface area (Å²) in [5.74, 6) is -0.0765. The predicted molar refractivity (Wildman–Crippen MR) is 100 cm³/mol. The quantitative estimate of drug-likeness (QED) is 0.796. The number of anilines is 2. The van der Waals surface area contributed by atoms with Crippen LogP contribution in [0.5, 0.6) is 0 Å². The highest BCUT2D eigenvalue weighted by Gasteiger charge is 2.24. The molecule has 0 aromatic heterocycles. The zero-order chi connectivity index (χ0) is 16.5. The first-order valence-corrected chi connectivity index (χ1v) is 8.76. The van der Waals surface area contributed by atoms with Crippen LogP contribution in [0.2, 0.25) is 5.02 Å². The number of carbonyl (C=O) groups is 1. The SMILES string of the molecule is O=C1Nc2cc(Cl)ccc2/C1=C\c1ccc(N2CCCCC2)cc1. The molecule has 0 spiro atoms. The molecule has 1 amide bonds. The topological polar surface area (TPSA) is 32.3 Å². The summed E-state index contributed by atoms with van der Waals surface area (Å²) < 4.78 is 0. The summed E-state index contributed by atoms with van der Waals surface area (Å²) in [7, 11) is 0. The molecule has 0 unspecified atom stereocenters. The highest BCUT2D eigenvalue weighted by molar-refractivity contribution is 6.36. The van der Waals surface area contributed by atoms with Gasteiger partial charge in [0.15, 0.2) is 0 Å². The van der Waals surface area contributed by atoms with Crippen molar-refractivity contribution >= 4 is 40.5 Å². The highest BCUT2D eigenvalue weighted by Crippen LogP contribution is 2.35. The molecular formula is C20H19ClN2O. The Bertz CT molecular complexity index is 805. The van der Waals surface area contributed by atoms with Gasteiger partial charge in [-0.2, -0.15) is 0 Å². The van der Waals surface area contributed by atoms with Crippen LogP contribution in [0.1, 0.15) is 30.4 Å². The maximum Gasteiger partial charge on any atom is 0.256 e. The first-order valence-electron chi connectivity index (χ1n) is 8.39. The van der Waals surface area contributed by atoms with E-state index in [1.807, 2.05) is 18.2 Å². The van der Waals surface area contributed by atoms with Crippen molar-refractivity contribution in [1.29, 1.82) is 0 Å². The van der Waals surface area contributed by atoms with E-state index in [1.165, 1.54) is 24.9 Å². The molecule has 2 heterocycles. The third kappa shape index (κ3) is 2.92. The molecule has 0 saturated carbocycles. The van der Waals surface area contributed by atoms with Gasteiger partial charge in [0.05, 0.1) is 5.69 Å². The summed E-state index contributed by atoms with van der Waals surface area (Å²) in [4.78, 5) is 14.7. The summed E-state index contributed by atoms with van der Waals surface area (Å²) in [5.41, 5.74) is 4.67. The van der Waals surface area contributed by atoms with Gasteiger partial charge in [0.25, 0.3) is 5.91 Å². The fourth-order valence-corrected chi connectivity index (χ4v) is 3.58. The second-order valence-corrected chi connectivity index (χ2v) is 6.78. The number of rotatable bonds is 2. The molecule has 1 N–H and O–H groups in total. The van der Waals surface area contributed by atoms with E-state index in [0.29, 0.717) is 10.6 Å². The van der Waals surface area contributed by atoms with Crippen LogP contribution in [0.4, 0.5) is 11.4 Å². The molecule has 4 rings (SSSR count). The van der Waals surface area contributed by atoms with Gasteiger partial charge in [-0.25, -0.2) is 0 Å². The van der Waals surface area contributed by atoms with Crippen LogP contribution < -0.4 is 10.2 Å². The van der Waals surface area contributed by atoms with Crippen LogP contribution in [0, 0.1) is 0 Å². The van der Waals surface area contributed by atoms with Crippen molar-refractivity contribution in [2.24, 2.45) is 0 Å². The van der Waals surface area contributed by atoms with Gasteiger partial charge in [0, 0.05) is 34.9 Å². The Labute approximate surface area is 146 Å². The van der Waals surface area contributed by atoms with Gasteiger partial charge in [-0.1, -0.05) is 29.8 Å². The third-order valence-electron chi connectivity index (χ3n) is 4.69. The van der Waals surface area contributed by atoms with E-state index < -0.39 is 0 Å². The number of nitrogens with zero attached hydrogens (tertiary/aromatic N) is 1. The van der Waals surface area contributed by atoms with E-state index in [1.54, 1.807) is 6.07 Å². The Balaban J connectivity index is 1.61. The first kappa shape index (κ1) is 15.3. The molecule has 0 atom stereocenters. The number of fused-ring (bicyclic) bond motifs is 1.